The molecule has 0 radical (unpaired) electrons. The van der Waals surface area contributed by atoms with Crippen LogP contribution in [0, 0.1) is 5.92 Å². The summed E-state index contributed by atoms with van der Waals surface area (Å²) in [7, 11) is 0. The second-order valence-electron chi connectivity index (χ2n) is 4.85. The van der Waals surface area contributed by atoms with E-state index >= 15 is 0 Å². The maximum atomic E-state index is 12.5. The maximum Gasteiger partial charge on any atom is 0.416 e. The highest BCUT2D eigenvalue weighted by Gasteiger charge is 2.30. The molecule has 0 amide bonds. The molecule has 1 fully saturated rings. The molecule has 1 saturated carbocycles. The molecule has 0 aromatic heterocycles. The summed E-state index contributed by atoms with van der Waals surface area (Å²) in [6.45, 7) is 2.70. The largest absolute Gasteiger partial charge is 0.416 e. The normalized spacial score (nSPS) is 24.5. The van der Waals surface area contributed by atoms with Crippen LogP contribution in [0.4, 0.5) is 13.2 Å². The van der Waals surface area contributed by atoms with Crippen molar-refractivity contribution >= 4 is 0 Å². The molecular formula is C13H16F3N. The minimum absolute atomic E-state index is 0.472. The lowest BCUT2D eigenvalue weighted by atomic mass is 9.82. The predicted molar refractivity (Wildman–Crippen MR) is 60.5 cm³/mol. The smallest absolute Gasteiger partial charge is 0.310 e. The lowest BCUT2D eigenvalue weighted by molar-refractivity contribution is -0.137. The second-order valence-corrected chi connectivity index (χ2v) is 4.85. The Morgan fingerprint density at radius 1 is 1.29 bits per heavy atom. The van der Waals surface area contributed by atoms with Crippen LogP contribution in [0.2, 0.25) is 0 Å². The zero-order valence-electron chi connectivity index (χ0n) is 9.72. The van der Waals surface area contributed by atoms with Gasteiger partial charge in [0.05, 0.1) is 5.56 Å². The molecule has 1 aliphatic rings. The predicted octanol–water partition coefficient (Wildman–Crippen LogP) is 3.59. The average Bonchev–Trinajstić information content (AvgIpc) is 2.22. The molecule has 0 atom stereocenters. The summed E-state index contributed by atoms with van der Waals surface area (Å²) in [6.07, 6.45) is -2.00. The van der Waals surface area contributed by atoms with E-state index in [4.69, 9.17) is 0 Å². The lowest BCUT2D eigenvalue weighted by Crippen LogP contribution is -2.39. The molecule has 0 heterocycles. The van der Waals surface area contributed by atoms with Crippen LogP contribution >= 0.6 is 0 Å². The third-order valence-electron chi connectivity index (χ3n) is 3.22. The average molecular weight is 243 g/mol. The molecule has 0 saturated heterocycles. The van der Waals surface area contributed by atoms with Crippen molar-refractivity contribution in [2.75, 3.05) is 0 Å². The molecule has 1 aromatic carbocycles. The van der Waals surface area contributed by atoms with Crippen LogP contribution in [0.15, 0.2) is 24.3 Å². The van der Waals surface area contributed by atoms with Gasteiger partial charge in [-0.1, -0.05) is 25.1 Å². The van der Waals surface area contributed by atoms with Gasteiger partial charge in [-0.05, 0) is 30.4 Å². The molecule has 0 unspecified atom stereocenters. The third-order valence-corrected chi connectivity index (χ3v) is 3.22. The van der Waals surface area contributed by atoms with Crippen molar-refractivity contribution in [3.8, 4) is 0 Å². The maximum absolute atomic E-state index is 12.5. The van der Waals surface area contributed by atoms with Gasteiger partial charge in [0.2, 0.25) is 0 Å². The Balaban J connectivity index is 1.92. The van der Waals surface area contributed by atoms with E-state index < -0.39 is 11.7 Å². The fourth-order valence-corrected chi connectivity index (χ4v) is 2.19. The van der Waals surface area contributed by atoms with E-state index in [0.29, 0.717) is 18.2 Å². The Morgan fingerprint density at radius 2 is 2.00 bits per heavy atom. The van der Waals surface area contributed by atoms with E-state index in [-0.39, 0.29) is 0 Å². The number of rotatable bonds is 3. The summed E-state index contributed by atoms with van der Waals surface area (Å²) in [5.74, 6) is 0.744. The van der Waals surface area contributed by atoms with Crippen LogP contribution in [0.3, 0.4) is 0 Å². The third kappa shape index (κ3) is 3.22. The summed E-state index contributed by atoms with van der Waals surface area (Å²) in [5.41, 5.74) is 0.123. The van der Waals surface area contributed by atoms with Crippen LogP contribution < -0.4 is 5.32 Å². The van der Waals surface area contributed by atoms with Crippen molar-refractivity contribution in [2.24, 2.45) is 5.92 Å². The van der Waals surface area contributed by atoms with Crippen molar-refractivity contribution in [2.45, 2.75) is 38.5 Å². The zero-order chi connectivity index (χ0) is 12.5. The van der Waals surface area contributed by atoms with Crippen LogP contribution in [0.1, 0.15) is 30.9 Å². The van der Waals surface area contributed by atoms with E-state index in [9.17, 15) is 13.2 Å². The molecular weight excluding hydrogens is 227 g/mol. The van der Waals surface area contributed by atoms with E-state index in [1.807, 2.05) is 0 Å². The monoisotopic (exact) mass is 243 g/mol. The van der Waals surface area contributed by atoms with E-state index in [0.717, 1.165) is 24.8 Å². The van der Waals surface area contributed by atoms with Crippen LogP contribution in [-0.2, 0) is 12.7 Å². The first-order valence-corrected chi connectivity index (χ1v) is 5.84. The van der Waals surface area contributed by atoms with Gasteiger partial charge in [-0.3, -0.25) is 0 Å². The summed E-state index contributed by atoms with van der Waals surface area (Å²) >= 11 is 0. The van der Waals surface area contributed by atoms with Crippen LogP contribution in [-0.4, -0.2) is 6.04 Å². The Labute approximate surface area is 99.0 Å². The Bertz CT molecular complexity index is 380. The molecule has 1 aliphatic carbocycles. The van der Waals surface area contributed by atoms with Gasteiger partial charge >= 0.3 is 6.18 Å². The molecule has 2 rings (SSSR count). The minimum atomic E-state index is -4.25. The van der Waals surface area contributed by atoms with E-state index in [2.05, 4.69) is 12.2 Å². The minimum Gasteiger partial charge on any atom is -0.310 e. The van der Waals surface area contributed by atoms with Gasteiger partial charge in [0.25, 0.3) is 0 Å². The topological polar surface area (TPSA) is 12.0 Å². The first-order valence-electron chi connectivity index (χ1n) is 5.84. The van der Waals surface area contributed by atoms with Gasteiger partial charge in [-0.2, -0.15) is 13.2 Å². The van der Waals surface area contributed by atoms with Gasteiger partial charge in [-0.25, -0.2) is 0 Å². The molecule has 0 spiro atoms. The van der Waals surface area contributed by atoms with Crippen LogP contribution in [0.5, 0.6) is 0 Å². The number of benzene rings is 1. The standard InChI is InChI=1S/C13H16F3N/c1-9-5-12(6-9)17-8-10-3-2-4-11(7-10)13(14,15)16/h2-4,7,9,12,17H,5-6,8H2,1H3. The highest BCUT2D eigenvalue weighted by atomic mass is 19.4. The van der Waals surface area contributed by atoms with E-state index in [1.165, 1.54) is 12.1 Å². The zero-order valence-corrected chi connectivity index (χ0v) is 9.72. The number of alkyl halides is 3. The highest BCUT2D eigenvalue weighted by molar-refractivity contribution is 5.25. The number of nitrogens with one attached hydrogen (secondary N) is 1. The van der Waals surface area contributed by atoms with Crippen molar-refractivity contribution in [3.05, 3.63) is 35.4 Å². The van der Waals surface area contributed by atoms with Gasteiger partial charge < -0.3 is 5.32 Å². The highest BCUT2D eigenvalue weighted by Crippen LogP contribution is 2.30. The first kappa shape index (κ1) is 12.4. The summed E-state index contributed by atoms with van der Waals surface area (Å²) < 4.78 is 37.4. The molecule has 1 N–H and O–H groups in total. The van der Waals surface area contributed by atoms with Crippen molar-refractivity contribution in [3.63, 3.8) is 0 Å². The quantitative estimate of drug-likeness (QED) is 0.855. The molecule has 17 heavy (non-hydrogen) atoms. The fraction of sp³-hybridized carbons (Fsp3) is 0.538. The van der Waals surface area contributed by atoms with Crippen molar-refractivity contribution < 1.29 is 13.2 Å². The molecule has 0 bridgehead atoms. The lowest BCUT2D eigenvalue weighted by Gasteiger charge is -2.33. The summed E-state index contributed by atoms with van der Waals surface area (Å²) in [5, 5.41) is 3.28. The second kappa shape index (κ2) is 4.69. The van der Waals surface area contributed by atoms with E-state index in [1.54, 1.807) is 6.07 Å². The number of hydrogen-bond donors (Lipinski definition) is 1. The summed E-state index contributed by atoms with van der Waals surface area (Å²) in [6, 6.07) is 5.98. The SMILES string of the molecule is CC1CC(NCc2cccc(C(F)(F)F)c2)C1. The molecule has 1 nitrogen and oxygen atoms in total. The Hall–Kier alpha value is -1.03. The molecule has 94 valence electrons. The Morgan fingerprint density at radius 3 is 2.59 bits per heavy atom. The van der Waals surface area contributed by atoms with Crippen molar-refractivity contribution in [1.82, 2.24) is 5.32 Å². The van der Waals surface area contributed by atoms with Crippen molar-refractivity contribution in [1.29, 1.82) is 0 Å². The van der Waals surface area contributed by atoms with Gasteiger partial charge in [-0.15, -0.1) is 0 Å². The van der Waals surface area contributed by atoms with Gasteiger partial charge in [0.1, 0.15) is 0 Å². The summed E-state index contributed by atoms with van der Waals surface area (Å²) in [4.78, 5) is 0. The molecule has 1 aromatic rings. The molecule has 4 heteroatoms. The van der Waals surface area contributed by atoms with Crippen LogP contribution in [0.25, 0.3) is 0 Å². The molecule has 0 aliphatic heterocycles. The Kier molecular flexibility index (Phi) is 3.43. The van der Waals surface area contributed by atoms with Gasteiger partial charge in [0.15, 0.2) is 0 Å². The number of halogens is 3. The first-order chi connectivity index (χ1) is 7.95. The van der Waals surface area contributed by atoms with Gasteiger partial charge in [0, 0.05) is 12.6 Å². The fourth-order valence-electron chi connectivity index (χ4n) is 2.19. The number of hydrogen-bond acceptors (Lipinski definition) is 1.